The molecule has 1 aliphatic rings. The lowest BCUT2D eigenvalue weighted by Crippen LogP contribution is -2.41. The van der Waals surface area contributed by atoms with Gasteiger partial charge in [-0.25, -0.2) is 4.79 Å². The lowest BCUT2D eigenvalue weighted by molar-refractivity contribution is -0.145. The van der Waals surface area contributed by atoms with E-state index in [0.717, 1.165) is 0 Å². The Morgan fingerprint density at radius 3 is 2.79 bits per heavy atom. The molecule has 0 bridgehead atoms. The van der Waals surface area contributed by atoms with E-state index in [1.165, 1.54) is 18.9 Å². The fourth-order valence-electron chi connectivity index (χ4n) is 1.09. The molecule has 1 fully saturated rings. The van der Waals surface area contributed by atoms with Crippen LogP contribution < -0.4 is 5.32 Å². The van der Waals surface area contributed by atoms with Gasteiger partial charge >= 0.3 is 11.9 Å². The third kappa shape index (κ3) is 2.62. The number of hydrogen-bond donors (Lipinski definition) is 1. The van der Waals surface area contributed by atoms with Crippen molar-refractivity contribution in [3.05, 3.63) is 0 Å². The van der Waals surface area contributed by atoms with Crippen molar-refractivity contribution in [2.45, 2.75) is 18.3 Å². The van der Waals surface area contributed by atoms with Crippen LogP contribution in [0.15, 0.2) is 0 Å². The Hall–Kier alpha value is -0.750. The van der Waals surface area contributed by atoms with Crippen molar-refractivity contribution in [1.82, 2.24) is 5.32 Å². The molecule has 6 heteroatoms. The first kappa shape index (κ1) is 11.3. The first-order valence-electron chi connectivity index (χ1n) is 4.31. The number of methoxy groups -OCH3 is 1. The van der Waals surface area contributed by atoms with Crippen molar-refractivity contribution < 1.29 is 19.1 Å². The highest BCUT2D eigenvalue weighted by molar-refractivity contribution is 8.00. The third-order valence-corrected chi connectivity index (χ3v) is 2.96. The largest absolute Gasteiger partial charge is 0.467 e. The van der Waals surface area contributed by atoms with Crippen LogP contribution >= 0.6 is 11.8 Å². The minimum Gasteiger partial charge on any atom is -0.467 e. The van der Waals surface area contributed by atoms with E-state index in [2.05, 4.69) is 10.1 Å². The van der Waals surface area contributed by atoms with E-state index in [9.17, 15) is 9.59 Å². The van der Waals surface area contributed by atoms with Gasteiger partial charge in [0.05, 0.1) is 13.7 Å². The average Bonchev–Trinajstić information content (AvgIpc) is 2.66. The van der Waals surface area contributed by atoms with Crippen LogP contribution in [0.2, 0.25) is 0 Å². The second-order valence-corrected chi connectivity index (χ2v) is 3.85. The second kappa shape index (κ2) is 5.21. The molecular formula is C8H13NO4S. The van der Waals surface area contributed by atoms with E-state index in [4.69, 9.17) is 4.74 Å². The molecule has 0 aromatic carbocycles. The molecule has 0 saturated carbocycles. The molecule has 80 valence electrons. The molecular weight excluding hydrogens is 206 g/mol. The van der Waals surface area contributed by atoms with Crippen LogP contribution in [0.1, 0.15) is 6.92 Å². The zero-order chi connectivity index (χ0) is 10.6. The lowest BCUT2D eigenvalue weighted by Gasteiger charge is -2.10. The molecule has 2 unspecified atom stereocenters. The van der Waals surface area contributed by atoms with Gasteiger partial charge in [-0.1, -0.05) is 0 Å². The summed E-state index contributed by atoms with van der Waals surface area (Å²) >= 11 is 1.35. The number of carbonyl (C=O) groups excluding carboxylic acids is 2. The van der Waals surface area contributed by atoms with Crippen LogP contribution in [-0.4, -0.2) is 42.8 Å². The van der Waals surface area contributed by atoms with Crippen LogP contribution in [0.25, 0.3) is 0 Å². The van der Waals surface area contributed by atoms with Crippen molar-refractivity contribution in [1.29, 1.82) is 0 Å². The maximum atomic E-state index is 11.3. The van der Waals surface area contributed by atoms with E-state index < -0.39 is 11.4 Å². The average molecular weight is 219 g/mol. The standard InChI is InChI=1S/C8H13NO4S/c1-3-13-7(10)5-4-14-6(9-5)8(11)12-2/h5-6,9H,3-4H2,1-2H3. The summed E-state index contributed by atoms with van der Waals surface area (Å²) in [4.78, 5) is 22.3. The Morgan fingerprint density at radius 2 is 2.21 bits per heavy atom. The number of esters is 2. The van der Waals surface area contributed by atoms with E-state index in [1.54, 1.807) is 6.92 Å². The van der Waals surface area contributed by atoms with Gasteiger partial charge in [-0.2, -0.15) is 0 Å². The Morgan fingerprint density at radius 1 is 1.50 bits per heavy atom. The molecule has 0 radical (unpaired) electrons. The van der Waals surface area contributed by atoms with E-state index in [0.29, 0.717) is 12.4 Å². The van der Waals surface area contributed by atoms with Gasteiger partial charge in [-0.05, 0) is 6.92 Å². The minimum atomic E-state index is -0.450. The van der Waals surface area contributed by atoms with Gasteiger partial charge in [-0.3, -0.25) is 10.1 Å². The zero-order valence-corrected chi connectivity index (χ0v) is 8.93. The molecule has 1 aliphatic heterocycles. The highest BCUT2D eigenvalue weighted by atomic mass is 32.2. The van der Waals surface area contributed by atoms with E-state index in [1.807, 2.05) is 0 Å². The molecule has 2 atom stereocenters. The van der Waals surface area contributed by atoms with Crippen LogP contribution in [0.5, 0.6) is 0 Å². The normalized spacial score (nSPS) is 25.9. The fourth-order valence-corrected chi connectivity index (χ4v) is 2.20. The minimum absolute atomic E-state index is 0.314. The Balaban J connectivity index is 2.41. The Kier molecular flexibility index (Phi) is 4.21. The van der Waals surface area contributed by atoms with Crippen molar-refractivity contribution in [2.24, 2.45) is 0 Å². The SMILES string of the molecule is CCOC(=O)C1CSC(C(=O)OC)N1. The summed E-state index contributed by atoms with van der Waals surface area (Å²) in [6.07, 6.45) is 0. The maximum absolute atomic E-state index is 11.3. The molecule has 5 nitrogen and oxygen atoms in total. The summed E-state index contributed by atoms with van der Waals surface area (Å²) in [7, 11) is 1.32. The summed E-state index contributed by atoms with van der Waals surface area (Å²) in [5.41, 5.74) is 0. The van der Waals surface area contributed by atoms with Gasteiger partial charge in [0.1, 0.15) is 6.04 Å². The van der Waals surface area contributed by atoms with Gasteiger partial charge in [-0.15, -0.1) is 11.8 Å². The third-order valence-electron chi connectivity index (χ3n) is 1.77. The summed E-state index contributed by atoms with van der Waals surface area (Å²) in [5, 5.41) is 2.39. The molecule has 1 heterocycles. The number of hydrogen-bond acceptors (Lipinski definition) is 6. The monoisotopic (exact) mass is 219 g/mol. The smallest absolute Gasteiger partial charge is 0.333 e. The molecule has 0 amide bonds. The van der Waals surface area contributed by atoms with Crippen molar-refractivity contribution in [2.75, 3.05) is 19.5 Å². The quantitative estimate of drug-likeness (QED) is 0.661. The molecule has 0 aliphatic carbocycles. The lowest BCUT2D eigenvalue weighted by atomic mass is 10.3. The van der Waals surface area contributed by atoms with Crippen molar-refractivity contribution in [3.63, 3.8) is 0 Å². The van der Waals surface area contributed by atoms with Gasteiger partial charge in [0.15, 0.2) is 5.37 Å². The van der Waals surface area contributed by atoms with Crippen molar-refractivity contribution in [3.8, 4) is 0 Å². The summed E-state index contributed by atoms with van der Waals surface area (Å²) in [5.74, 6) is -0.133. The van der Waals surface area contributed by atoms with Crippen LogP contribution in [0.4, 0.5) is 0 Å². The van der Waals surface area contributed by atoms with Crippen molar-refractivity contribution >= 4 is 23.7 Å². The van der Waals surface area contributed by atoms with Crippen LogP contribution in [-0.2, 0) is 19.1 Å². The molecule has 14 heavy (non-hydrogen) atoms. The van der Waals surface area contributed by atoms with Gasteiger partial charge in [0.2, 0.25) is 0 Å². The number of thioether (sulfide) groups is 1. The molecule has 1 N–H and O–H groups in total. The Bertz CT molecular complexity index is 233. The van der Waals surface area contributed by atoms with Gasteiger partial charge < -0.3 is 9.47 Å². The predicted molar refractivity (Wildman–Crippen MR) is 51.8 cm³/mol. The summed E-state index contributed by atoms with van der Waals surface area (Å²) in [6, 6.07) is -0.399. The Labute approximate surface area is 86.5 Å². The molecule has 1 saturated heterocycles. The molecule has 1 rings (SSSR count). The molecule has 0 aromatic heterocycles. The second-order valence-electron chi connectivity index (χ2n) is 2.71. The van der Waals surface area contributed by atoms with E-state index in [-0.39, 0.29) is 11.9 Å². The van der Waals surface area contributed by atoms with E-state index >= 15 is 0 Å². The maximum Gasteiger partial charge on any atom is 0.333 e. The fraction of sp³-hybridized carbons (Fsp3) is 0.750. The van der Waals surface area contributed by atoms with Crippen LogP contribution in [0, 0.1) is 0 Å². The number of nitrogens with one attached hydrogen (secondary N) is 1. The summed E-state index contributed by atoms with van der Waals surface area (Å²) < 4.78 is 9.37. The highest BCUT2D eigenvalue weighted by Crippen LogP contribution is 2.20. The first-order valence-corrected chi connectivity index (χ1v) is 5.36. The number of rotatable bonds is 3. The topological polar surface area (TPSA) is 64.6 Å². The number of carbonyl (C=O) groups is 2. The predicted octanol–water partition coefficient (Wildman–Crippen LogP) is -0.246. The van der Waals surface area contributed by atoms with Crippen LogP contribution in [0.3, 0.4) is 0 Å². The zero-order valence-electron chi connectivity index (χ0n) is 8.11. The first-order chi connectivity index (χ1) is 6.69. The molecule has 0 spiro atoms. The summed E-state index contributed by atoms with van der Waals surface area (Å²) in [6.45, 7) is 2.10. The van der Waals surface area contributed by atoms with Gasteiger partial charge in [0, 0.05) is 5.75 Å². The van der Waals surface area contributed by atoms with Gasteiger partial charge in [0.25, 0.3) is 0 Å². The highest BCUT2D eigenvalue weighted by Gasteiger charge is 2.35. The number of ether oxygens (including phenoxy) is 2. The molecule has 0 aromatic rings.